The Kier molecular flexibility index (Phi) is 12.7. The van der Waals surface area contributed by atoms with E-state index in [-0.39, 0.29) is 30.6 Å². The number of nitrogens with one attached hydrogen (secondary N) is 2. The number of nitrogen functional groups attached to an aromatic ring is 1. The zero-order valence-electron chi connectivity index (χ0n) is 27.4. The third kappa shape index (κ3) is 10.4. The van der Waals surface area contributed by atoms with Crippen molar-refractivity contribution in [3.63, 3.8) is 0 Å². The molecule has 1 saturated heterocycles. The van der Waals surface area contributed by atoms with Gasteiger partial charge in [-0.2, -0.15) is 0 Å². The second-order valence-corrected chi connectivity index (χ2v) is 12.2. The molecule has 0 aliphatic carbocycles. The Bertz CT molecular complexity index is 1620. The molecule has 1 aliphatic rings. The molecule has 3 atom stereocenters. The van der Waals surface area contributed by atoms with Gasteiger partial charge in [0.05, 0.1) is 30.2 Å². The molecule has 252 valence electrons. The second kappa shape index (κ2) is 17.5. The average Bonchev–Trinajstić information content (AvgIpc) is 3.11. The van der Waals surface area contributed by atoms with Crippen molar-refractivity contribution in [2.45, 2.75) is 63.6 Å². The number of nitrogens with zero attached hydrogens (tertiary/aromatic N) is 2. The van der Waals surface area contributed by atoms with Crippen molar-refractivity contribution in [3.8, 4) is 0 Å². The molecule has 1 fully saturated rings. The van der Waals surface area contributed by atoms with Gasteiger partial charge >= 0.3 is 0 Å². The van der Waals surface area contributed by atoms with E-state index in [1.165, 1.54) is 0 Å². The highest BCUT2D eigenvalue weighted by Crippen LogP contribution is 2.38. The maximum atomic E-state index is 12.8. The molecule has 3 aromatic carbocycles. The molecule has 1 aliphatic heterocycles. The van der Waals surface area contributed by atoms with E-state index >= 15 is 0 Å². The summed E-state index contributed by atoms with van der Waals surface area (Å²) in [5.41, 5.74) is 11.4. The molecule has 5 rings (SSSR count). The van der Waals surface area contributed by atoms with Crippen LogP contribution in [0.25, 0.3) is 0 Å². The predicted octanol–water partition coefficient (Wildman–Crippen LogP) is 6.01. The quantitative estimate of drug-likeness (QED) is 0.0905. The van der Waals surface area contributed by atoms with E-state index in [1.54, 1.807) is 12.1 Å². The monoisotopic (exact) mass is 651 g/mol. The zero-order chi connectivity index (χ0) is 33.7. The first-order valence-corrected chi connectivity index (χ1v) is 16.5. The van der Waals surface area contributed by atoms with Crippen molar-refractivity contribution >= 4 is 28.9 Å². The summed E-state index contributed by atoms with van der Waals surface area (Å²) < 4.78 is 13.0. The topological polar surface area (TPSA) is 139 Å². The van der Waals surface area contributed by atoms with Crippen LogP contribution in [0.15, 0.2) is 97.2 Å². The Morgan fingerprint density at radius 1 is 0.896 bits per heavy atom. The van der Waals surface area contributed by atoms with E-state index in [4.69, 9.17) is 15.2 Å². The van der Waals surface area contributed by atoms with E-state index in [0.717, 1.165) is 35.3 Å². The summed E-state index contributed by atoms with van der Waals surface area (Å²) in [5, 5.41) is 15.3. The van der Waals surface area contributed by atoms with Crippen LogP contribution in [-0.2, 0) is 32.1 Å². The number of ether oxygens (including phenoxy) is 2. The Balaban J connectivity index is 1.17. The number of aromatic nitrogens is 1. The molecular formula is C38H45N5O5. The van der Waals surface area contributed by atoms with Gasteiger partial charge in [-0.25, -0.2) is 0 Å². The van der Waals surface area contributed by atoms with Crippen LogP contribution in [0.5, 0.6) is 0 Å². The number of para-hydroxylation sites is 2. The summed E-state index contributed by atoms with van der Waals surface area (Å²) in [4.78, 5) is 31.8. The molecule has 0 saturated carbocycles. The zero-order valence-corrected chi connectivity index (χ0v) is 27.4. The van der Waals surface area contributed by atoms with E-state index in [2.05, 4.69) is 27.6 Å². The van der Waals surface area contributed by atoms with E-state index < -0.39 is 6.29 Å². The van der Waals surface area contributed by atoms with Crippen molar-refractivity contribution in [3.05, 3.63) is 120 Å². The lowest BCUT2D eigenvalue weighted by atomic mass is 9.99. The van der Waals surface area contributed by atoms with Gasteiger partial charge in [0, 0.05) is 61.9 Å². The number of amides is 2. The first-order chi connectivity index (χ1) is 23.4. The number of aliphatic hydroxyl groups excluding tert-OH is 1. The number of hydrogen-bond acceptors (Lipinski definition) is 8. The van der Waals surface area contributed by atoms with Crippen LogP contribution in [0.3, 0.4) is 0 Å². The molecule has 0 bridgehead atoms. The molecule has 0 unspecified atom stereocenters. The van der Waals surface area contributed by atoms with Crippen molar-refractivity contribution in [2.75, 3.05) is 36.5 Å². The van der Waals surface area contributed by atoms with Gasteiger partial charge in [-0.3, -0.25) is 14.6 Å². The van der Waals surface area contributed by atoms with Gasteiger partial charge in [0.15, 0.2) is 6.29 Å². The summed E-state index contributed by atoms with van der Waals surface area (Å²) in [6, 6.07) is 28.5. The van der Waals surface area contributed by atoms with Gasteiger partial charge < -0.3 is 35.8 Å². The Morgan fingerprint density at radius 3 is 2.38 bits per heavy atom. The van der Waals surface area contributed by atoms with Crippen LogP contribution in [0, 0.1) is 0 Å². The highest BCUT2D eigenvalue weighted by Gasteiger charge is 2.33. The largest absolute Gasteiger partial charge is 0.397 e. The van der Waals surface area contributed by atoms with Crippen molar-refractivity contribution in [2.24, 2.45) is 0 Å². The first kappa shape index (κ1) is 34.7. The minimum absolute atomic E-state index is 0.0150. The number of pyridine rings is 1. The van der Waals surface area contributed by atoms with Crippen LogP contribution in [0.1, 0.15) is 66.9 Å². The number of rotatable bonds is 15. The molecule has 4 aromatic rings. The lowest BCUT2D eigenvalue weighted by Gasteiger charge is -2.38. The molecule has 2 amide bonds. The number of anilines is 3. The maximum absolute atomic E-state index is 12.8. The standard InChI is InChI=1S/C38H45N5O5/c1-43(22-20-30-10-6-7-21-40-30)25-32-24-35(28-18-16-27(26-44)17-19-28)48-38(47-32)29-9-8-11-31(23-29)41-36(45)14-4-5-15-37(46)42-34-13-3-2-12-33(34)39/h2-3,6-13,16-19,21,23,32,35,38,44H,4-5,14-15,20,22,24-26,39H2,1H3,(H,41,45)(H,42,46)/t32-,35+,38+/m0/s1. The normalized spacial score (nSPS) is 17.6. The molecule has 48 heavy (non-hydrogen) atoms. The number of unbranched alkanes of at least 4 members (excludes halogenated alkanes) is 1. The molecular weight excluding hydrogens is 606 g/mol. The van der Waals surface area contributed by atoms with Crippen LogP contribution >= 0.6 is 0 Å². The van der Waals surface area contributed by atoms with Crippen LogP contribution in [-0.4, -0.2) is 53.0 Å². The minimum Gasteiger partial charge on any atom is -0.397 e. The predicted molar refractivity (Wildman–Crippen MR) is 187 cm³/mol. The van der Waals surface area contributed by atoms with Crippen molar-refractivity contribution < 1.29 is 24.2 Å². The van der Waals surface area contributed by atoms with Gasteiger partial charge in [-0.15, -0.1) is 0 Å². The highest BCUT2D eigenvalue weighted by atomic mass is 16.7. The van der Waals surface area contributed by atoms with Crippen molar-refractivity contribution in [1.82, 2.24) is 9.88 Å². The number of benzene rings is 3. The summed E-state index contributed by atoms with van der Waals surface area (Å²) in [7, 11) is 2.09. The SMILES string of the molecule is CN(CCc1ccccn1)C[C@@H]1C[C@H](c2ccc(CO)cc2)O[C@H](c2cccc(NC(=O)CCCCC(=O)Nc3ccccc3N)c2)O1. The lowest BCUT2D eigenvalue weighted by molar-refractivity contribution is -0.252. The summed E-state index contributed by atoms with van der Waals surface area (Å²) in [6.07, 6.45) is 4.13. The van der Waals surface area contributed by atoms with E-state index in [1.807, 2.05) is 85.1 Å². The molecule has 0 radical (unpaired) electrons. The number of hydrogen-bond donors (Lipinski definition) is 4. The van der Waals surface area contributed by atoms with Crippen LogP contribution in [0.2, 0.25) is 0 Å². The molecule has 1 aromatic heterocycles. The smallest absolute Gasteiger partial charge is 0.224 e. The third-order valence-corrected chi connectivity index (χ3v) is 8.34. The summed E-state index contributed by atoms with van der Waals surface area (Å²) >= 11 is 0. The van der Waals surface area contributed by atoms with Gasteiger partial charge in [-0.1, -0.05) is 54.6 Å². The fourth-order valence-corrected chi connectivity index (χ4v) is 5.70. The molecule has 10 heteroatoms. The number of carbonyl (C=O) groups is 2. The second-order valence-electron chi connectivity index (χ2n) is 12.2. The van der Waals surface area contributed by atoms with Gasteiger partial charge in [-0.05, 0) is 67.4 Å². The minimum atomic E-state index is -0.635. The van der Waals surface area contributed by atoms with Crippen molar-refractivity contribution in [1.29, 1.82) is 0 Å². The Labute approximate surface area is 282 Å². The Hall–Kier alpha value is -4.61. The molecule has 2 heterocycles. The number of aliphatic hydroxyl groups is 1. The fourth-order valence-electron chi connectivity index (χ4n) is 5.70. The summed E-state index contributed by atoms with van der Waals surface area (Å²) in [5.74, 6) is -0.256. The van der Waals surface area contributed by atoms with E-state index in [0.29, 0.717) is 55.7 Å². The highest BCUT2D eigenvalue weighted by molar-refractivity contribution is 5.94. The number of carbonyl (C=O) groups excluding carboxylic acids is 2. The van der Waals surface area contributed by atoms with Gasteiger partial charge in [0.2, 0.25) is 11.8 Å². The number of likely N-dealkylation sites (N-methyl/N-ethyl adjacent to an activating group) is 1. The first-order valence-electron chi connectivity index (χ1n) is 16.5. The molecule has 10 nitrogen and oxygen atoms in total. The van der Waals surface area contributed by atoms with Gasteiger partial charge in [0.1, 0.15) is 0 Å². The maximum Gasteiger partial charge on any atom is 0.224 e. The lowest BCUT2D eigenvalue weighted by Crippen LogP contribution is -2.38. The Morgan fingerprint density at radius 2 is 1.65 bits per heavy atom. The van der Waals surface area contributed by atoms with Gasteiger partial charge in [0.25, 0.3) is 0 Å². The summed E-state index contributed by atoms with van der Waals surface area (Å²) in [6.45, 7) is 1.54. The number of nitrogens with two attached hydrogens (primary N) is 1. The fraction of sp³-hybridized carbons (Fsp3) is 0.342. The third-order valence-electron chi connectivity index (χ3n) is 8.34. The van der Waals surface area contributed by atoms with E-state index in [9.17, 15) is 14.7 Å². The average molecular weight is 652 g/mol. The molecule has 5 N–H and O–H groups in total. The van der Waals surface area contributed by atoms with Crippen LogP contribution < -0.4 is 16.4 Å². The molecule has 0 spiro atoms. The van der Waals surface area contributed by atoms with Crippen LogP contribution in [0.4, 0.5) is 17.1 Å².